The zero-order chi connectivity index (χ0) is 20.6. The van der Waals surface area contributed by atoms with Crippen LogP contribution < -0.4 is 10.2 Å². The number of anilines is 1. The van der Waals surface area contributed by atoms with Crippen molar-refractivity contribution in [1.29, 1.82) is 0 Å². The number of nitrogens with zero attached hydrogens (tertiary/aromatic N) is 1. The summed E-state index contributed by atoms with van der Waals surface area (Å²) < 4.78 is 5.34. The molecule has 1 N–H and O–H groups in total. The summed E-state index contributed by atoms with van der Waals surface area (Å²) in [5.74, 6) is -1.23. The summed E-state index contributed by atoms with van der Waals surface area (Å²) in [5.41, 5.74) is 4.10. The molecule has 5 nitrogen and oxygen atoms in total. The van der Waals surface area contributed by atoms with Gasteiger partial charge in [-0.05, 0) is 36.5 Å². The Morgan fingerprint density at radius 3 is 2.46 bits per heavy atom. The Labute approximate surface area is 167 Å². The molecule has 0 spiro atoms. The average Bonchev–Trinajstić information content (AvgIpc) is 2.59. The second kappa shape index (κ2) is 7.46. The van der Waals surface area contributed by atoms with Gasteiger partial charge in [0.2, 0.25) is 0 Å². The molecule has 0 fully saturated rings. The molecule has 1 aromatic carbocycles. The normalized spacial score (nSPS) is 23.8. The largest absolute Gasteiger partial charge is 0.465 e. The van der Waals surface area contributed by atoms with E-state index >= 15 is 0 Å². The number of allylic oxidation sites excluding steroid dienone is 2. The standard InChI is InChI=1S/C23H30N2O3/c1-7-28-22(27)19-14(2)24-17-12-23(3,4)13-18(26)21(17)20(19)15-8-10-16(11-9-15)25(5)6/h8-11,19-20,24H,2,7,12-13H2,1,3-6H3. The Kier molecular flexibility index (Phi) is 5.37. The quantitative estimate of drug-likeness (QED) is 0.803. The second-order valence-electron chi connectivity index (χ2n) is 8.68. The number of hydrogen-bond acceptors (Lipinski definition) is 5. The molecule has 3 rings (SSSR count). The highest BCUT2D eigenvalue weighted by Crippen LogP contribution is 2.48. The Morgan fingerprint density at radius 1 is 1.25 bits per heavy atom. The molecule has 28 heavy (non-hydrogen) atoms. The van der Waals surface area contributed by atoms with Crippen LogP contribution in [0.15, 0.2) is 47.8 Å². The van der Waals surface area contributed by atoms with E-state index in [1.165, 1.54) is 0 Å². The predicted molar refractivity (Wildman–Crippen MR) is 111 cm³/mol. The summed E-state index contributed by atoms with van der Waals surface area (Å²) in [7, 11) is 3.96. The van der Waals surface area contributed by atoms with Gasteiger partial charge in [0, 0.05) is 49.1 Å². The maximum absolute atomic E-state index is 13.1. The van der Waals surface area contributed by atoms with Crippen molar-refractivity contribution in [3.8, 4) is 0 Å². The van der Waals surface area contributed by atoms with Crippen molar-refractivity contribution in [2.75, 3.05) is 25.6 Å². The van der Waals surface area contributed by atoms with Gasteiger partial charge in [0.1, 0.15) is 5.92 Å². The average molecular weight is 383 g/mol. The maximum Gasteiger partial charge on any atom is 0.315 e. The number of carbonyl (C=O) groups excluding carboxylic acids is 2. The zero-order valence-corrected chi connectivity index (χ0v) is 17.5. The van der Waals surface area contributed by atoms with E-state index in [4.69, 9.17) is 4.74 Å². The number of rotatable bonds is 4. The van der Waals surface area contributed by atoms with Crippen LogP contribution in [0, 0.1) is 11.3 Å². The van der Waals surface area contributed by atoms with Gasteiger partial charge >= 0.3 is 5.97 Å². The van der Waals surface area contributed by atoms with Crippen LogP contribution in [0.1, 0.15) is 45.1 Å². The summed E-state index contributed by atoms with van der Waals surface area (Å²) in [6, 6.07) is 8.03. The summed E-state index contributed by atoms with van der Waals surface area (Å²) in [6.45, 7) is 10.4. The highest BCUT2D eigenvalue weighted by molar-refractivity contribution is 6.00. The van der Waals surface area contributed by atoms with Crippen molar-refractivity contribution in [3.63, 3.8) is 0 Å². The number of benzene rings is 1. The topological polar surface area (TPSA) is 58.6 Å². The Hall–Kier alpha value is -2.56. The third kappa shape index (κ3) is 3.71. The number of nitrogens with one attached hydrogen (secondary N) is 1. The molecule has 2 unspecified atom stereocenters. The molecule has 1 aliphatic carbocycles. The van der Waals surface area contributed by atoms with E-state index in [9.17, 15) is 9.59 Å². The highest BCUT2D eigenvalue weighted by atomic mass is 16.5. The molecule has 0 bridgehead atoms. The first-order valence-electron chi connectivity index (χ1n) is 9.80. The van der Waals surface area contributed by atoms with Crippen molar-refractivity contribution in [1.82, 2.24) is 5.32 Å². The van der Waals surface area contributed by atoms with Gasteiger partial charge in [-0.3, -0.25) is 9.59 Å². The van der Waals surface area contributed by atoms with Gasteiger partial charge in [-0.25, -0.2) is 0 Å². The summed E-state index contributed by atoms with van der Waals surface area (Å²) in [6.07, 6.45) is 1.23. The maximum atomic E-state index is 13.1. The minimum absolute atomic E-state index is 0.0993. The fourth-order valence-corrected chi connectivity index (χ4v) is 4.30. The van der Waals surface area contributed by atoms with Gasteiger partial charge in [-0.2, -0.15) is 0 Å². The van der Waals surface area contributed by atoms with Gasteiger partial charge in [-0.15, -0.1) is 0 Å². The molecular weight excluding hydrogens is 352 g/mol. The third-order valence-electron chi connectivity index (χ3n) is 5.56. The fourth-order valence-electron chi connectivity index (χ4n) is 4.30. The molecule has 0 saturated carbocycles. The lowest BCUT2D eigenvalue weighted by molar-refractivity contribution is -0.147. The molecule has 150 valence electrons. The number of carbonyl (C=O) groups is 2. The van der Waals surface area contributed by atoms with Crippen LogP contribution in [0.25, 0.3) is 0 Å². The summed E-state index contributed by atoms with van der Waals surface area (Å²) in [5, 5.41) is 3.28. The number of ether oxygens (including phenoxy) is 1. The van der Waals surface area contributed by atoms with E-state index in [-0.39, 0.29) is 23.1 Å². The molecular formula is C23H30N2O3. The molecule has 0 radical (unpaired) electrons. The minimum atomic E-state index is -0.617. The van der Waals surface area contributed by atoms with Crippen molar-refractivity contribution in [2.45, 2.75) is 39.5 Å². The lowest BCUT2D eigenvalue weighted by Crippen LogP contribution is -2.43. The summed E-state index contributed by atoms with van der Waals surface area (Å²) >= 11 is 0. The number of Topliss-reactive ketones (excluding diaryl/α,β-unsaturated/α-hetero) is 1. The van der Waals surface area contributed by atoms with Crippen molar-refractivity contribution in [3.05, 3.63) is 53.4 Å². The number of esters is 1. The first-order valence-corrected chi connectivity index (χ1v) is 9.80. The van der Waals surface area contributed by atoms with Gasteiger partial charge in [0.05, 0.1) is 6.61 Å². The number of ketones is 1. The molecule has 1 heterocycles. The molecule has 1 aromatic rings. The molecule has 2 atom stereocenters. The Balaban J connectivity index is 2.13. The van der Waals surface area contributed by atoms with E-state index in [1.807, 2.05) is 43.3 Å². The van der Waals surface area contributed by atoms with E-state index in [0.29, 0.717) is 24.3 Å². The van der Waals surface area contributed by atoms with Crippen LogP contribution in [0.5, 0.6) is 0 Å². The molecule has 0 saturated heterocycles. The van der Waals surface area contributed by atoms with Crippen LogP contribution in [-0.2, 0) is 14.3 Å². The molecule has 1 aliphatic heterocycles. The molecule has 5 heteroatoms. The van der Waals surface area contributed by atoms with Gasteiger partial charge in [0.25, 0.3) is 0 Å². The van der Waals surface area contributed by atoms with Crippen LogP contribution in [0.2, 0.25) is 0 Å². The Bertz CT molecular complexity index is 834. The lowest BCUT2D eigenvalue weighted by atomic mass is 9.66. The Morgan fingerprint density at radius 2 is 1.89 bits per heavy atom. The third-order valence-corrected chi connectivity index (χ3v) is 5.56. The van der Waals surface area contributed by atoms with Crippen LogP contribution in [0.4, 0.5) is 5.69 Å². The number of hydrogen-bond donors (Lipinski definition) is 1. The zero-order valence-electron chi connectivity index (χ0n) is 17.5. The lowest BCUT2D eigenvalue weighted by Gasteiger charge is -2.42. The fraction of sp³-hybridized carbons (Fsp3) is 0.478. The van der Waals surface area contributed by atoms with Gasteiger partial charge < -0.3 is 15.0 Å². The highest BCUT2D eigenvalue weighted by Gasteiger charge is 2.46. The molecule has 0 aromatic heterocycles. The monoisotopic (exact) mass is 382 g/mol. The molecule has 2 aliphatic rings. The van der Waals surface area contributed by atoms with Gasteiger partial charge in [0.15, 0.2) is 5.78 Å². The van der Waals surface area contributed by atoms with Crippen LogP contribution in [-0.4, -0.2) is 32.5 Å². The SMILES string of the molecule is C=C1NC2=C(C(=O)CC(C)(C)C2)C(c2ccc(N(C)C)cc2)C1C(=O)OCC. The summed E-state index contributed by atoms with van der Waals surface area (Å²) in [4.78, 5) is 28.0. The van der Waals surface area contributed by atoms with Crippen molar-refractivity contribution in [2.24, 2.45) is 11.3 Å². The van der Waals surface area contributed by atoms with E-state index in [0.717, 1.165) is 23.4 Å². The van der Waals surface area contributed by atoms with Crippen LogP contribution in [0.3, 0.4) is 0 Å². The second-order valence-corrected chi connectivity index (χ2v) is 8.68. The van der Waals surface area contributed by atoms with E-state index < -0.39 is 5.92 Å². The van der Waals surface area contributed by atoms with Gasteiger partial charge in [-0.1, -0.05) is 32.6 Å². The van der Waals surface area contributed by atoms with Crippen LogP contribution >= 0.6 is 0 Å². The smallest absolute Gasteiger partial charge is 0.315 e. The predicted octanol–water partition coefficient (Wildman–Crippen LogP) is 3.78. The minimum Gasteiger partial charge on any atom is -0.465 e. The van der Waals surface area contributed by atoms with E-state index in [2.05, 4.69) is 25.7 Å². The van der Waals surface area contributed by atoms with E-state index in [1.54, 1.807) is 6.92 Å². The first kappa shape index (κ1) is 20.2. The van der Waals surface area contributed by atoms with Crippen molar-refractivity contribution < 1.29 is 14.3 Å². The first-order chi connectivity index (χ1) is 13.1. The van der Waals surface area contributed by atoms with Crippen molar-refractivity contribution >= 4 is 17.4 Å². The molecule has 0 amide bonds.